The van der Waals surface area contributed by atoms with E-state index in [1.807, 2.05) is 0 Å². The van der Waals surface area contributed by atoms with Crippen LogP contribution in [0.3, 0.4) is 0 Å². The molecule has 0 unspecified atom stereocenters. The lowest BCUT2D eigenvalue weighted by Gasteiger charge is -2.39. The van der Waals surface area contributed by atoms with Gasteiger partial charge in [-0.15, -0.1) is 0 Å². The topological polar surface area (TPSA) is 13.1 Å². The monoisotopic (exact) mass is 639 g/mol. The van der Waals surface area contributed by atoms with Crippen LogP contribution in [0, 0.1) is 0 Å². The third-order valence-corrected chi connectivity index (χ3v) is 11.3. The van der Waals surface area contributed by atoms with E-state index in [1.54, 1.807) is 0 Å². The molecule has 3 nitrogen and oxygen atoms in total. The molecular weight excluding hydrogens is 605 g/mol. The Morgan fingerprint density at radius 3 is 1.86 bits per heavy atom. The molecule has 0 aliphatic carbocycles. The summed E-state index contributed by atoms with van der Waals surface area (Å²) in [4.78, 5) is 2.47. The average molecular weight is 640 g/mol. The van der Waals surface area contributed by atoms with Crippen molar-refractivity contribution in [2.45, 2.75) is 26.2 Å². The highest BCUT2D eigenvalue weighted by Crippen LogP contribution is 2.44. The van der Waals surface area contributed by atoms with Crippen molar-refractivity contribution < 1.29 is 0 Å². The Hall–Kier alpha value is -6.00. The molecule has 0 spiro atoms. The van der Waals surface area contributed by atoms with Crippen molar-refractivity contribution in [3.8, 4) is 11.4 Å². The van der Waals surface area contributed by atoms with Crippen molar-refractivity contribution in [1.82, 2.24) is 9.13 Å². The molecule has 2 aromatic heterocycles. The maximum atomic E-state index is 2.57. The minimum atomic E-state index is 0.0984. The number of benzene rings is 7. The number of anilines is 3. The number of aromatic nitrogens is 2. The average Bonchev–Trinajstić information content (AvgIpc) is 3.65. The van der Waals surface area contributed by atoms with Gasteiger partial charge >= 0.3 is 0 Å². The van der Waals surface area contributed by atoms with Crippen LogP contribution in [-0.2, 0) is 5.41 Å². The van der Waals surface area contributed by atoms with Crippen molar-refractivity contribution in [1.29, 1.82) is 0 Å². The molecule has 7 aromatic carbocycles. The summed E-state index contributed by atoms with van der Waals surface area (Å²) < 4.78 is 5.03. The van der Waals surface area contributed by atoms with Crippen molar-refractivity contribution in [3.63, 3.8) is 0 Å². The lowest BCUT2D eigenvalue weighted by atomic mass is 9.34. The quantitative estimate of drug-likeness (QED) is 0.172. The number of rotatable bonds is 2. The van der Waals surface area contributed by atoms with Crippen molar-refractivity contribution in [3.05, 3.63) is 157 Å². The summed E-state index contributed by atoms with van der Waals surface area (Å²) in [6, 6.07) is 56.6. The molecule has 11 rings (SSSR count). The molecule has 9 aromatic rings. The minimum Gasteiger partial charge on any atom is -0.311 e. The van der Waals surface area contributed by atoms with Gasteiger partial charge in [0.15, 0.2) is 0 Å². The van der Waals surface area contributed by atoms with E-state index in [0.29, 0.717) is 0 Å². The molecule has 0 N–H and O–H groups in total. The molecule has 0 fully saturated rings. The van der Waals surface area contributed by atoms with Crippen LogP contribution in [0.4, 0.5) is 17.1 Å². The first kappa shape index (κ1) is 27.9. The number of nitrogens with zero attached hydrogens (tertiary/aromatic N) is 3. The van der Waals surface area contributed by atoms with E-state index >= 15 is 0 Å². The van der Waals surface area contributed by atoms with Gasteiger partial charge in [-0.2, -0.15) is 0 Å². The van der Waals surface area contributed by atoms with Crippen LogP contribution in [0.5, 0.6) is 0 Å². The predicted octanol–water partition coefficient (Wildman–Crippen LogP) is 9.79. The molecule has 2 aliphatic rings. The fourth-order valence-corrected chi connectivity index (χ4v) is 9.03. The van der Waals surface area contributed by atoms with Gasteiger partial charge in [0.05, 0.1) is 22.1 Å². The van der Waals surface area contributed by atoms with Gasteiger partial charge < -0.3 is 14.0 Å². The third-order valence-electron chi connectivity index (χ3n) is 11.3. The Morgan fingerprint density at radius 2 is 1.08 bits per heavy atom. The lowest BCUT2D eigenvalue weighted by molar-refractivity contribution is 0.590. The minimum absolute atomic E-state index is 0.0984. The van der Waals surface area contributed by atoms with Crippen LogP contribution in [0.1, 0.15) is 26.3 Å². The predicted molar refractivity (Wildman–Crippen MR) is 213 cm³/mol. The van der Waals surface area contributed by atoms with Crippen LogP contribution >= 0.6 is 0 Å². The van der Waals surface area contributed by atoms with Crippen LogP contribution in [0.2, 0.25) is 0 Å². The van der Waals surface area contributed by atoms with Crippen molar-refractivity contribution in [2.24, 2.45) is 0 Å². The zero-order chi connectivity index (χ0) is 33.3. The number of fused-ring (bicyclic) bond motifs is 11. The molecule has 0 amide bonds. The maximum absolute atomic E-state index is 2.57. The van der Waals surface area contributed by atoms with E-state index in [1.165, 1.54) is 94.0 Å². The highest BCUT2D eigenvalue weighted by Gasteiger charge is 2.41. The zero-order valence-corrected chi connectivity index (χ0v) is 28.4. The zero-order valence-electron chi connectivity index (χ0n) is 28.4. The van der Waals surface area contributed by atoms with Gasteiger partial charge in [0.2, 0.25) is 0 Å². The molecule has 50 heavy (non-hydrogen) atoms. The summed E-state index contributed by atoms with van der Waals surface area (Å²) in [6.45, 7) is 6.98. The number of hydrogen-bond donors (Lipinski definition) is 0. The second kappa shape index (κ2) is 9.80. The number of hydrogen-bond acceptors (Lipinski definition) is 1. The molecule has 0 atom stereocenters. The Labute approximate surface area is 291 Å². The molecular formula is C46H34BN3. The summed E-state index contributed by atoms with van der Waals surface area (Å²) >= 11 is 0. The SMILES string of the molecule is CC(C)(C)c1ccc(-n2c3ccccc3c3cc4c5ccc6c7c5n(c4cc32)-c2ccccc2B7c2ccccc2N6c2ccccc2)cc1. The first-order valence-electron chi connectivity index (χ1n) is 17.7. The highest BCUT2D eigenvalue weighted by atomic mass is 15.2. The Morgan fingerprint density at radius 1 is 0.440 bits per heavy atom. The van der Waals surface area contributed by atoms with Crippen molar-refractivity contribution >= 4 is 83.8 Å². The van der Waals surface area contributed by atoms with Gasteiger partial charge in [0.25, 0.3) is 6.71 Å². The summed E-state index contributed by atoms with van der Waals surface area (Å²) in [5.74, 6) is 0. The standard InChI is InChI=1S/C46H34BN3/c1-46(2,3)29-21-23-31(24-22-29)48-38-18-10-7-15-32(38)34-27-35-33-25-26-41-44-45(33)50(43(35)28-42(34)48)40-20-12-9-17-37(40)47(44)36-16-8-11-19-39(36)49(41)30-13-5-4-6-14-30/h4-28H,1-3H3. The van der Waals surface area contributed by atoms with E-state index in [4.69, 9.17) is 0 Å². The van der Waals surface area contributed by atoms with Crippen molar-refractivity contribution in [2.75, 3.05) is 4.90 Å². The summed E-state index contributed by atoms with van der Waals surface area (Å²) in [7, 11) is 0. The van der Waals surface area contributed by atoms with Crippen LogP contribution in [-0.4, -0.2) is 15.8 Å². The van der Waals surface area contributed by atoms with E-state index < -0.39 is 0 Å². The fraction of sp³-hybridized carbons (Fsp3) is 0.0870. The molecule has 2 aliphatic heterocycles. The second-order valence-corrected chi connectivity index (χ2v) is 15.0. The van der Waals surface area contributed by atoms with Gasteiger partial charge in [-0.3, -0.25) is 0 Å². The van der Waals surface area contributed by atoms with Gasteiger partial charge in [0.1, 0.15) is 0 Å². The number of para-hydroxylation sites is 4. The first-order valence-corrected chi connectivity index (χ1v) is 17.7. The molecule has 0 saturated carbocycles. The highest BCUT2D eigenvalue weighted by molar-refractivity contribution is 7.00. The molecule has 0 radical (unpaired) electrons. The summed E-state index contributed by atoms with van der Waals surface area (Å²) in [6.07, 6.45) is 0. The summed E-state index contributed by atoms with van der Waals surface area (Å²) in [5, 5.41) is 5.16. The van der Waals surface area contributed by atoms with E-state index in [-0.39, 0.29) is 12.1 Å². The largest absolute Gasteiger partial charge is 0.311 e. The summed E-state index contributed by atoms with van der Waals surface area (Å²) in [5.41, 5.74) is 16.7. The second-order valence-electron chi connectivity index (χ2n) is 15.0. The van der Waals surface area contributed by atoms with E-state index in [2.05, 4.69) is 186 Å². The molecule has 0 saturated heterocycles. The van der Waals surface area contributed by atoms with Crippen LogP contribution < -0.4 is 21.3 Å². The Balaban J connectivity index is 1.27. The van der Waals surface area contributed by atoms with Crippen LogP contribution in [0.25, 0.3) is 55.0 Å². The van der Waals surface area contributed by atoms with Gasteiger partial charge in [-0.1, -0.05) is 112 Å². The Bertz CT molecular complexity index is 2850. The molecule has 0 bridgehead atoms. The molecule has 4 heteroatoms. The van der Waals surface area contributed by atoms with E-state index in [0.717, 1.165) is 0 Å². The van der Waals surface area contributed by atoms with Gasteiger partial charge in [-0.25, -0.2) is 0 Å². The lowest BCUT2D eigenvalue weighted by Crippen LogP contribution is -2.60. The fourth-order valence-electron chi connectivity index (χ4n) is 9.03. The van der Waals surface area contributed by atoms with E-state index in [9.17, 15) is 0 Å². The molecule has 236 valence electrons. The first-order chi connectivity index (χ1) is 24.5. The molecule has 4 heterocycles. The smallest absolute Gasteiger partial charge is 0.252 e. The normalized spacial score (nSPS) is 13.4. The van der Waals surface area contributed by atoms with Gasteiger partial charge in [0, 0.05) is 50.0 Å². The third kappa shape index (κ3) is 3.60. The Kier molecular flexibility index (Phi) is 5.47. The maximum Gasteiger partial charge on any atom is 0.252 e. The van der Waals surface area contributed by atoms with Crippen LogP contribution in [0.15, 0.2) is 152 Å². The van der Waals surface area contributed by atoms with Gasteiger partial charge in [-0.05, 0) is 88.0 Å².